The molecule has 4 heteroatoms. The average Bonchev–Trinajstić information content (AvgIpc) is 2.20. The van der Waals surface area contributed by atoms with Crippen LogP contribution in [0.15, 0.2) is 41.5 Å². The summed E-state index contributed by atoms with van der Waals surface area (Å²) >= 11 is 0. The van der Waals surface area contributed by atoms with Gasteiger partial charge in [0.25, 0.3) is 0 Å². The Morgan fingerprint density at radius 3 is 2.46 bits per heavy atom. The molecule has 0 aromatic carbocycles. The van der Waals surface area contributed by atoms with Crippen LogP contribution in [0, 0.1) is 0 Å². The standard InChI is InChI=1S/C7H8BNO2.C2H6/c1-3-6-5-9-11-8(10)7(6)4-2;1-2/h3-5,10H,1-2H2;1-2H3. The Bertz CT molecular complexity index is 246. The lowest BCUT2D eigenvalue weighted by atomic mass is 9.75. The number of nitrogens with zero attached hydrogens (tertiary/aromatic N) is 1. The van der Waals surface area contributed by atoms with E-state index in [0.29, 0.717) is 5.47 Å². The maximum absolute atomic E-state index is 9.16. The van der Waals surface area contributed by atoms with E-state index in [1.165, 1.54) is 12.3 Å². The lowest BCUT2D eigenvalue weighted by molar-refractivity contribution is 0.282. The first kappa shape index (κ1) is 11.7. The van der Waals surface area contributed by atoms with E-state index in [9.17, 15) is 0 Å². The fourth-order valence-corrected chi connectivity index (χ4v) is 0.808. The van der Waals surface area contributed by atoms with Crippen molar-refractivity contribution in [1.82, 2.24) is 0 Å². The van der Waals surface area contributed by atoms with Crippen LogP contribution in [0.5, 0.6) is 0 Å². The molecule has 1 heterocycles. The van der Waals surface area contributed by atoms with Crippen LogP contribution in [-0.4, -0.2) is 18.4 Å². The Morgan fingerprint density at radius 1 is 1.46 bits per heavy atom. The predicted octanol–water partition coefficient (Wildman–Crippen LogP) is 1.72. The number of rotatable bonds is 2. The molecule has 1 aliphatic rings. The molecule has 0 aromatic rings. The highest BCUT2D eigenvalue weighted by molar-refractivity contribution is 6.54. The van der Waals surface area contributed by atoms with Crippen LogP contribution in [0.1, 0.15) is 13.8 Å². The minimum atomic E-state index is -1.01. The zero-order chi connectivity index (χ0) is 10.3. The van der Waals surface area contributed by atoms with Crippen molar-refractivity contribution in [3.63, 3.8) is 0 Å². The smallest absolute Gasteiger partial charge is 0.427 e. The normalized spacial score (nSPS) is 14.2. The maximum atomic E-state index is 9.16. The second kappa shape index (κ2) is 6.26. The van der Waals surface area contributed by atoms with E-state index < -0.39 is 7.12 Å². The molecule has 0 unspecified atom stereocenters. The van der Waals surface area contributed by atoms with Gasteiger partial charge in [-0.3, -0.25) is 0 Å². The van der Waals surface area contributed by atoms with E-state index in [0.717, 1.165) is 5.57 Å². The number of hydrogen-bond acceptors (Lipinski definition) is 3. The fourth-order valence-electron chi connectivity index (χ4n) is 0.808. The molecule has 0 aromatic heterocycles. The van der Waals surface area contributed by atoms with Gasteiger partial charge in [0.15, 0.2) is 0 Å². The van der Waals surface area contributed by atoms with Gasteiger partial charge in [0.05, 0.1) is 6.21 Å². The molecule has 0 radical (unpaired) electrons. The van der Waals surface area contributed by atoms with E-state index in [2.05, 4.69) is 23.1 Å². The third-order valence-corrected chi connectivity index (χ3v) is 1.39. The minimum absolute atomic E-state index is 0.593. The number of allylic oxidation sites excluding steroid dienone is 4. The van der Waals surface area contributed by atoms with E-state index in [4.69, 9.17) is 5.02 Å². The SMILES string of the molecule is C=CC1=C(C=C)B(O)ON=C1.CC. The van der Waals surface area contributed by atoms with Gasteiger partial charge >= 0.3 is 7.12 Å². The summed E-state index contributed by atoms with van der Waals surface area (Å²) in [5, 5.41) is 12.6. The van der Waals surface area contributed by atoms with Crippen molar-refractivity contribution in [3.05, 3.63) is 36.4 Å². The molecule has 0 saturated heterocycles. The third-order valence-electron chi connectivity index (χ3n) is 1.39. The second-order valence-electron chi connectivity index (χ2n) is 2.01. The molecule has 70 valence electrons. The second-order valence-corrected chi connectivity index (χ2v) is 2.01. The lowest BCUT2D eigenvalue weighted by Crippen LogP contribution is -2.22. The Kier molecular flexibility index (Phi) is 5.64. The van der Waals surface area contributed by atoms with Gasteiger partial charge in [-0.25, -0.2) is 0 Å². The van der Waals surface area contributed by atoms with Gasteiger partial charge in [0.1, 0.15) is 0 Å². The topological polar surface area (TPSA) is 41.8 Å². The highest BCUT2D eigenvalue weighted by Crippen LogP contribution is 2.12. The molecule has 0 aliphatic carbocycles. The van der Waals surface area contributed by atoms with Gasteiger partial charge in [0.2, 0.25) is 0 Å². The zero-order valence-electron chi connectivity index (χ0n) is 8.03. The van der Waals surface area contributed by atoms with Crippen LogP contribution in [-0.2, 0) is 4.76 Å². The summed E-state index contributed by atoms with van der Waals surface area (Å²) in [4.78, 5) is 0. The molecule has 0 fully saturated rings. The van der Waals surface area contributed by atoms with Crippen molar-refractivity contribution in [3.8, 4) is 0 Å². The Balaban J connectivity index is 0.000000671. The summed E-state index contributed by atoms with van der Waals surface area (Å²) in [6, 6.07) is 0. The molecule has 1 aliphatic heterocycles. The predicted molar refractivity (Wildman–Crippen MR) is 56.3 cm³/mol. The largest absolute Gasteiger partial charge is 0.583 e. The van der Waals surface area contributed by atoms with Gasteiger partial charge < -0.3 is 9.78 Å². The quantitative estimate of drug-likeness (QED) is 0.655. The van der Waals surface area contributed by atoms with Gasteiger partial charge in [-0.05, 0) is 5.57 Å². The van der Waals surface area contributed by atoms with Crippen molar-refractivity contribution in [2.24, 2.45) is 5.16 Å². The molecular weight excluding hydrogens is 165 g/mol. The van der Waals surface area contributed by atoms with E-state index in [1.54, 1.807) is 6.08 Å². The summed E-state index contributed by atoms with van der Waals surface area (Å²) in [5.74, 6) is 0. The summed E-state index contributed by atoms with van der Waals surface area (Å²) in [5.41, 5.74) is 1.33. The molecule has 1 N–H and O–H groups in total. The number of hydrogen-bond donors (Lipinski definition) is 1. The first-order chi connectivity index (χ1) is 6.29. The zero-order valence-corrected chi connectivity index (χ0v) is 8.03. The molecule has 13 heavy (non-hydrogen) atoms. The first-order valence-corrected chi connectivity index (χ1v) is 4.16. The van der Waals surface area contributed by atoms with Gasteiger partial charge in [-0.1, -0.05) is 39.2 Å². The average molecular weight is 179 g/mol. The van der Waals surface area contributed by atoms with Crippen LogP contribution >= 0.6 is 0 Å². The Hall–Kier alpha value is -1.29. The van der Waals surface area contributed by atoms with Crippen molar-refractivity contribution < 1.29 is 9.78 Å². The first-order valence-electron chi connectivity index (χ1n) is 4.16. The van der Waals surface area contributed by atoms with Gasteiger partial charge in [0, 0.05) is 5.47 Å². The van der Waals surface area contributed by atoms with Gasteiger partial charge in [-0.2, -0.15) is 0 Å². The molecule has 3 nitrogen and oxygen atoms in total. The monoisotopic (exact) mass is 179 g/mol. The van der Waals surface area contributed by atoms with Crippen molar-refractivity contribution in [2.45, 2.75) is 13.8 Å². The molecule has 0 atom stereocenters. The highest BCUT2D eigenvalue weighted by atomic mass is 16.6. The molecule has 0 amide bonds. The summed E-state index contributed by atoms with van der Waals surface area (Å²) in [6.07, 6.45) is 4.59. The lowest BCUT2D eigenvalue weighted by Gasteiger charge is -2.11. The number of oxime groups is 1. The Morgan fingerprint density at radius 2 is 2.08 bits per heavy atom. The minimum Gasteiger partial charge on any atom is -0.427 e. The van der Waals surface area contributed by atoms with Crippen LogP contribution in [0.4, 0.5) is 0 Å². The maximum Gasteiger partial charge on any atom is 0.583 e. The molecular formula is C9H14BNO2. The highest BCUT2D eigenvalue weighted by Gasteiger charge is 2.24. The van der Waals surface area contributed by atoms with E-state index in [1.807, 2.05) is 13.8 Å². The van der Waals surface area contributed by atoms with Crippen molar-refractivity contribution >= 4 is 13.3 Å². The van der Waals surface area contributed by atoms with E-state index >= 15 is 0 Å². The van der Waals surface area contributed by atoms with Crippen LogP contribution in [0.25, 0.3) is 0 Å². The summed E-state index contributed by atoms with van der Waals surface area (Å²) < 4.78 is 4.56. The molecule has 0 saturated carbocycles. The summed E-state index contributed by atoms with van der Waals surface area (Å²) in [7, 11) is -1.01. The Labute approximate surface area is 79.2 Å². The van der Waals surface area contributed by atoms with Crippen molar-refractivity contribution in [2.75, 3.05) is 0 Å². The molecule has 1 rings (SSSR count). The van der Waals surface area contributed by atoms with E-state index in [-0.39, 0.29) is 0 Å². The van der Waals surface area contributed by atoms with Crippen LogP contribution in [0.3, 0.4) is 0 Å². The van der Waals surface area contributed by atoms with Crippen LogP contribution in [0.2, 0.25) is 0 Å². The van der Waals surface area contributed by atoms with Crippen LogP contribution < -0.4 is 0 Å². The molecule has 0 spiro atoms. The van der Waals surface area contributed by atoms with Gasteiger partial charge in [-0.15, -0.1) is 5.16 Å². The fraction of sp³-hybridized carbons (Fsp3) is 0.222. The molecule has 0 bridgehead atoms. The summed E-state index contributed by atoms with van der Waals surface area (Å²) in [6.45, 7) is 11.1. The third kappa shape index (κ3) is 2.91. The van der Waals surface area contributed by atoms with Crippen molar-refractivity contribution in [1.29, 1.82) is 0 Å².